The largest absolute Gasteiger partial charge is 0.480 e. The molecular formula is C21H21NO2. The van der Waals surface area contributed by atoms with Gasteiger partial charge in [0.15, 0.2) is 0 Å². The number of aliphatic carboxylic acids is 1. The highest BCUT2D eigenvalue weighted by atomic mass is 16.4. The van der Waals surface area contributed by atoms with Gasteiger partial charge >= 0.3 is 5.97 Å². The van der Waals surface area contributed by atoms with E-state index < -0.39 is 12.0 Å². The lowest BCUT2D eigenvalue weighted by atomic mass is 9.84. The Morgan fingerprint density at radius 2 is 1.62 bits per heavy atom. The average Bonchev–Trinajstić information content (AvgIpc) is 2.61. The van der Waals surface area contributed by atoms with E-state index in [9.17, 15) is 9.90 Å². The average molecular weight is 319 g/mol. The molecule has 0 saturated carbocycles. The first-order valence-corrected chi connectivity index (χ1v) is 8.29. The second-order valence-corrected chi connectivity index (χ2v) is 6.33. The van der Waals surface area contributed by atoms with Gasteiger partial charge in [0.25, 0.3) is 0 Å². The van der Waals surface area contributed by atoms with Crippen LogP contribution in [0.15, 0.2) is 54.6 Å². The van der Waals surface area contributed by atoms with Crippen LogP contribution >= 0.6 is 0 Å². The Kier molecular flexibility index (Phi) is 4.98. The van der Waals surface area contributed by atoms with Gasteiger partial charge in [-0.05, 0) is 48.6 Å². The lowest BCUT2D eigenvalue weighted by molar-refractivity contribution is -0.140. The Morgan fingerprint density at radius 1 is 1.00 bits per heavy atom. The molecule has 1 fully saturated rings. The summed E-state index contributed by atoms with van der Waals surface area (Å²) in [6.07, 6.45) is 1.61. The van der Waals surface area contributed by atoms with Crippen molar-refractivity contribution < 1.29 is 9.90 Å². The second-order valence-electron chi connectivity index (χ2n) is 6.33. The first kappa shape index (κ1) is 16.3. The molecule has 1 saturated heterocycles. The third-order valence-electron chi connectivity index (χ3n) is 4.55. The van der Waals surface area contributed by atoms with E-state index in [2.05, 4.69) is 24.1 Å². The van der Waals surface area contributed by atoms with E-state index in [1.165, 1.54) is 0 Å². The van der Waals surface area contributed by atoms with Crippen LogP contribution in [0.3, 0.4) is 0 Å². The third kappa shape index (κ3) is 3.84. The van der Waals surface area contributed by atoms with Crippen molar-refractivity contribution in [2.24, 2.45) is 5.92 Å². The molecule has 3 nitrogen and oxygen atoms in total. The molecule has 3 heteroatoms. The van der Waals surface area contributed by atoms with Gasteiger partial charge in [-0.1, -0.05) is 49.1 Å². The van der Waals surface area contributed by atoms with Gasteiger partial charge in [0.2, 0.25) is 0 Å². The lowest BCUT2D eigenvalue weighted by Crippen LogP contribution is -2.45. The fraction of sp³-hybridized carbons (Fsp3) is 0.286. The normalized spacial score (nSPS) is 23.1. The van der Waals surface area contributed by atoms with Crippen LogP contribution in [0, 0.1) is 17.8 Å². The molecule has 0 aromatic heterocycles. The zero-order chi connectivity index (χ0) is 16.9. The van der Waals surface area contributed by atoms with Crippen LogP contribution in [0.4, 0.5) is 0 Å². The first-order valence-electron chi connectivity index (χ1n) is 8.29. The zero-order valence-electron chi connectivity index (χ0n) is 13.7. The van der Waals surface area contributed by atoms with Crippen molar-refractivity contribution in [2.45, 2.75) is 31.8 Å². The topological polar surface area (TPSA) is 49.3 Å². The predicted molar refractivity (Wildman–Crippen MR) is 94.6 cm³/mol. The van der Waals surface area contributed by atoms with Gasteiger partial charge in [0.1, 0.15) is 6.04 Å². The fourth-order valence-corrected chi connectivity index (χ4v) is 3.12. The van der Waals surface area contributed by atoms with Crippen molar-refractivity contribution in [1.82, 2.24) is 5.32 Å². The number of piperidine rings is 1. The SMILES string of the molecule is C[C@H]1CC[C@@H](C(=O)O)N[C@@H]1c1ccc(C#Cc2ccccc2)cc1. The Bertz CT molecular complexity index is 756. The van der Waals surface area contributed by atoms with Gasteiger partial charge in [-0.25, -0.2) is 0 Å². The maximum absolute atomic E-state index is 11.2. The summed E-state index contributed by atoms with van der Waals surface area (Å²) in [4.78, 5) is 11.2. The summed E-state index contributed by atoms with van der Waals surface area (Å²) in [5, 5.41) is 12.5. The van der Waals surface area contributed by atoms with Gasteiger partial charge in [-0.15, -0.1) is 0 Å². The number of nitrogens with one attached hydrogen (secondary N) is 1. The maximum Gasteiger partial charge on any atom is 0.320 e. The van der Waals surface area contributed by atoms with Crippen LogP contribution in [0.25, 0.3) is 0 Å². The highest BCUT2D eigenvalue weighted by Gasteiger charge is 2.31. The minimum Gasteiger partial charge on any atom is -0.480 e. The Morgan fingerprint density at radius 3 is 2.25 bits per heavy atom. The number of benzene rings is 2. The summed E-state index contributed by atoms with van der Waals surface area (Å²) >= 11 is 0. The lowest BCUT2D eigenvalue weighted by Gasteiger charge is -2.34. The number of carboxylic acid groups (broad SMARTS) is 1. The molecule has 2 aromatic carbocycles. The van der Waals surface area contributed by atoms with Crippen LogP contribution in [-0.4, -0.2) is 17.1 Å². The van der Waals surface area contributed by atoms with Crippen LogP contribution in [0.1, 0.15) is 42.5 Å². The highest BCUT2D eigenvalue weighted by Crippen LogP contribution is 2.31. The number of hydrogen-bond donors (Lipinski definition) is 2. The fourth-order valence-electron chi connectivity index (χ4n) is 3.12. The molecule has 0 radical (unpaired) electrons. The van der Waals surface area contributed by atoms with Crippen LogP contribution in [0.2, 0.25) is 0 Å². The van der Waals surface area contributed by atoms with Gasteiger partial charge in [0, 0.05) is 17.2 Å². The molecular weight excluding hydrogens is 298 g/mol. The molecule has 0 unspecified atom stereocenters. The first-order chi connectivity index (χ1) is 11.6. The number of carbonyl (C=O) groups is 1. The van der Waals surface area contributed by atoms with Gasteiger partial charge in [0.05, 0.1) is 0 Å². The maximum atomic E-state index is 11.2. The zero-order valence-corrected chi connectivity index (χ0v) is 13.7. The molecule has 0 spiro atoms. The Labute approximate surface area is 142 Å². The Hall–Kier alpha value is -2.57. The van der Waals surface area contributed by atoms with Crippen molar-refractivity contribution in [3.63, 3.8) is 0 Å². The smallest absolute Gasteiger partial charge is 0.320 e. The van der Waals surface area contributed by atoms with E-state index in [0.717, 1.165) is 23.1 Å². The summed E-state index contributed by atoms with van der Waals surface area (Å²) < 4.78 is 0. The Balaban J connectivity index is 1.74. The summed E-state index contributed by atoms with van der Waals surface area (Å²) in [5.41, 5.74) is 3.08. The molecule has 2 N–H and O–H groups in total. The van der Waals surface area contributed by atoms with Crippen LogP contribution in [0.5, 0.6) is 0 Å². The molecule has 1 aliphatic rings. The molecule has 24 heavy (non-hydrogen) atoms. The minimum absolute atomic E-state index is 0.0796. The van der Waals surface area contributed by atoms with E-state index in [1.807, 2.05) is 54.6 Å². The van der Waals surface area contributed by atoms with Crippen molar-refractivity contribution in [1.29, 1.82) is 0 Å². The van der Waals surface area contributed by atoms with E-state index in [0.29, 0.717) is 12.3 Å². The van der Waals surface area contributed by atoms with Gasteiger partial charge in [-0.2, -0.15) is 0 Å². The van der Waals surface area contributed by atoms with E-state index in [-0.39, 0.29) is 6.04 Å². The van der Waals surface area contributed by atoms with E-state index in [4.69, 9.17) is 0 Å². The summed E-state index contributed by atoms with van der Waals surface area (Å²) in [7, 11) is 0. The van der Waals surface area contributed by atoms with Gasteiger partial charge in [-0.3, -0.25) is 10.1 Å². The molecule has 2 aromatic rings. The molecule has 3 atom stereocenters. The van der Waals surface area contributed by atoms with Gasteiger partial charge < -0.3 is 5.11 Å². The number of carboxylic acids is 1. The second kappa shape index (κ2) is 7.33. The molecule has 122 valence electrons. The molecule has 0 aliphatic carbocycles. The van der Waals surface area contributed by atoms with Crippen molar-refractivity contribution in [3.05, 3.63) is 71.3 Å². The molecule has 0 amide bonds. The molecule has 3 rings (SSSR count). The van der Waals surface area contributed by atoms with E-state index in [1.54, 1.807) is 0 Å². The summed E-state index contributed by atoms with van der Waals surface area (Å²) in [6.45, 7) is 2.17. The summed E-state index contributed by atoms with van der Waals surface area (Å²) in [5.74, 6) is 5.96. The predicted octanol–water partition coefficient (Wildman–Crippen LogP) is 3.60. The number of hydrogen-bond acceptors (Lipinski definition) is 2. The standard InChI is InChI=1S/C21H21NO2/c1-15-7-14-19(21(23)24)22-20(15)18-12-10-17(11-13-18)9-8-16-5-3-2-4-6-16/h2-6,10-13,15,19-20,22H,7,14H2,1H3,(H,23,24)/t15-,19-,20-/m0/s1. The molecule has 1 aliphatic heterocycles. The van der Waals surface area contributed by atoms with Crippen molar-refractivity contribution in [2.75, 3.05) is 0 Å². The number of rotatable bonds is 2. The highest BCUT2D eigenvalue weighted by molar-refractivity contribution is 5.73. The van der Waals surface area contributed by atoms with E-state index >= 15 is 0 Å². The molecule has 1 heterocycles. The van der Waals surface area contributed by atoms with Crippen molar-refractivity contribution in [3.8, 4) is 11.8 Å². The van der Waals surface area contributed by atoms with Crippen LogP contribution < -0.4 is 5.32 Å². The summed E-state index contributed by atoms with van der Waals surface area (Å²) in [6, 6.07) is 17.6. The molecule has 0 bridgehead atoms. The third-order valence-corrected chi connectivity index (χ3v) is 4.55. The van der Waals surface area contributed by atoms with Crippen LogP contribution in [-0.2, 0) is 4.79 Å². The monoisotopic (exact) mass is 319 g/mol. The minimum atomic E-state index is -0.766. The quantitative estimate of drug-likeness (QED) is 0.832. The van der Waals surface area contributed by atoms with Crippen molar-refractivity contribution >= 4 is 5.97 Å².